The summed E-state index contributed by atoms with van der Waals surface area (Å²) in [5.41, 5.74) is 1.42. The second-order valence-electron chi connectivity index (χ2n) is 6.25. The van der Waals surface area contributed by atoms with E-state index in [1.807, 2.05) is 6.20 Å². The summed E-state index contributed by atoms with van der Waals surface area (Å²) >= 11 is 0. The van der Waals surface area contributed by atoms with E-state index in [0.717, 1.165) is 18.6 Å². The van der Waals surface area contributed by atoms with Gasteiger partial charge in [0, 0.05) is 30.5 Å². The van der Waals surface area contributed by atoms with Crippen molar-refractivity contribution >= 4 is 0 Å². The highest BCUT2D eigenvalue weighted by Crippen LogP contribution is 2.37. The van der Waals surface area contributed by atoms with Crippen molar-refractivity contribution in [2.75, 3.05) is 13.1 Å². The van der Waals surface area contributed by atoms with E-state index in [-0.39, 0.29) is 0 Å². The average molecular weight is 273 g/mol. The minimum absolute atomic E-state index is 0.615. The third kappa shape index (κ3) is 3.04. The van der Waals surface area contributed by atoms with Crippen LogP contribution in [0.25, 0.3) is 0 Å². The molecule has 3 rings (SSSR count). The fourth-order valence-electron chi connectivity index (χ4n) is 4.06. The first kappa shape index (κ1) is 14.0. The van der Waals surface area contributed by atoms with Gasteiger partial charge in [-0.1, -0.05) is 13.0 Å². The lowest BCUT2D eigenvalue weighted by Crippen LogP contribution is -2.42. The Bertz CT molecular complexity index is 398. The molecule has 1 N–H and O–H groups in total. The van der Waals surface area contributed by atoms with Gasteiger partial charge in [-0.05, 0) is 63.2 Å². The topological polar surface area (TPSA) is 28.2 Å². The summed E-state index contributed by atoms with van der Waals surface area (Å²) < 4.78 is 0. The summed E-state index contributed by atoms with van der Waals surface area (Å²) in [5.74, 6) is 0. The number of nitrogens with zero attached hydrogens (tertiary/aromatic N) is 2. The lowest BCUT2D eigenvalue weighted by atomic mass is 9.89. The van der Waals surface area contributed by atoms with Crippen molar-refractivity contribution < 1.29 is 0 Å². The van der Waals surface area contributed by atoms with Crippen LogP contribution in [-0.2, 0) is 0 Å². The summed E-state index contributed by atoms with van der Waals surface area (Å²) in [6, 6.07) is 6.49. The number of hydrogen-bond acceptors (Lipinski definition) is 3. The van der Waals surface area contributed by atoms with Gasteiger partial charge in [0.15, 0.2) is 0 Å². The van der Waals surface area contributed by atoms with Gasteiger partial charge in [-0.15, -0.1) is 0 Å². The molecule has 0 bridgehead atoms. The first-order valence-corrected chi connectivity index (χ1v) is 8.27. The zero-order valence-electron chi connectivity index (χ0n) is 12.6. The van der Waals surface area contributed by atoms with Gasteiger partial charge in [0.05, 0.1) is 0 Å². The van der Waals surface area contributed by atoms with Crippen molar-refractivity contribution in [2.24, 2.45) is 0 Å². The molecule has 1 saturated carbocycles. The fourth-order valence-corrected chi connectivity index (χ4v) is 4.06. The van der Waals surface area contributed by atoms with Gasteiger partial charge >= 0.3 is 0 Å². The van der Waals surface area contributed by atoms with E-state index in [1.165, 1.54) is 50.6 Å². The first-order valence-electron chi connectivity index (χ1n) is 8.27. The normalized spacial score (nSPS) is 31.6. The Hall–Kier alpha value is -0.930. The monoisotopic (exact) mass is 273 g/mol. The van der Waals surface area contributed by atoms with E-state index in [1.54, 1.807) is 0 Å². The molecule has 0 amide bonds. The van der Waals surface area contributed by atoms with Crippen molar-refractivity contribution in [3.8, 4) is 0 Å². The van der Waals surface area contributed by atoms with Crippen molar-refractivity contribution in [1.82, 2.24) is 15.2 Å². The Morgan fingerprint density at radius 3 is 2.80 bits per heavy atom. The lowest BCUT2D eigenvalue weighted by Gasteiger charge is -2.38. The molecule has 1 aliphatic carbocycles. The molecule has 0 aromatic carbocycles. The van der Waals surface area contributed by atoms with E-state index in [9.17, 15) is 0 Å². The van der Waals surface area contributed by atoms with Crippen LogP contribution in [0.1, 0.15) is 57.1 Å². The third-order valence-corrected chi connectivity index (χ3v) is 5.02. The van der Waals surface area contributed by atoms with Crippen LogP contribution in [-0.4, -0.2) is 35.1 Å². The number of aromatic nitrogens is 1. The number of hydrogen-bond donors (Lipinski definition) is 1. The van der Waals surface area contributed by atoms with E-state index in [4.69, 9.17) is 0 Å². The van der Waals surface area contributed by atoms with Crippen molar-refractivity contribution in [3.05, 3.63) is 30.1 Å². The molecule has 3 nitrogen and oxygen atoms in total. The molecule has 0 radical (unpaired) electrons. The van der Waals surface area contributed by atoms with E-state index in [0.29, 0.717) is 6.04 Å². The summed E-state index contributed by atoms with van der Waals surface area (Å²) in [6.45, 7) is 4.60. The maximum Gasteiger partial charge on any atom is 0.0366 e. The van der Waals surface area contributed by atoms with Crippen molar-refractivity contribution in [2.45, 2.75) is 63.6 Å². The molecule has 3 heteroatoms. The summed E-state index contributed by atoms with van der Waals surface area (Å²) in [6.07, 6.45) is 12.0. The standard InChI is InChI=1S/C17H27N3/c1-2-19-15-7-9-16(10-8-15)20-12-4-6-17(20)14-5-3-11-18-13-14/h3,5,11,13,15-17,19H,2,4,6-10,12H2,1H3. The summed E-state index contributed by atoms with van der Waals surface area (Å²) in [4.78, 5) is 7.07. The Kier molecular flexibility index (Phi) is 4.69. The molecular formula is C17H27N3. The molecule has 1 aromatic rings. The number of rotatable bonds is 4. The van der Waals surface area contributed by atoms with Crippen LogP contribution in [0.3, 0.4) is 0 Å². The molecule has 20 heavy (non-hydrogen) atoms. The Morgan fingerprint density at radius 2 is 2.10 bits per heavy atom. The Balaban J connectivity index is 1.62. The smallest absolute Gasteiger partial charge is 0.0366 e. The molecule has 1 saturated heterocycles. The molecule has 0 spiro atoms. The Morgan fingerprint density at radius 1 is 1.25 bits per heavy atom. The quantitative estimate of drug-likeness (QED) is 0.913. The van der Waals surface area contributed by atoms with Gasteiger partial charge in [-0.2, -0.15) is 0 Å². The third-order valence-electron chi connectivity index (χ3n) is 5.02. The van der Waals surface area contributed by atoms with E-state index in [2.05, 4.69) is 40.5 Å². The van der Waals surface area contributed by atoms with E-state index >= 15 is 0 Å². The van der Waals surface area contributed by atoms with Gasteiger partial charge < -0.3 is 5.32 Å². The molecule has 110 valence electrons. The molecule has 1 aliphatic heterocycles. The maximum absolute atomic E-state index is 4.31. The van der Waals surface area contributed by atoms with Gasteiger partial charge in [0.25, 0.3) is 0 Å². The van der Waals surface area contributed by atoms with Gasteiger partial charge in [-0.3, -0.25) is 9.88 Å². The lowest BCUT2D eigenvalue weighted by molar-refractivity contribution is 0.131. The second kappa shape index (κ2) is 6.68. The first-order chi connectivity index (χ1) is 9.88. The maximum atomic E-state index is 4.31. The van der Waals surface area contributed by atoms with Crippen LogP contribution in [0.2, 0.25) is 0 Å². The molecule has 1 aromatic heterocycles. The van der Waals surface area contributed by atoms with Gasteiger partial charge in [-0.25, -0.2) is 0 Å². The minimum Gasteiger partial charge on any atom is -0.314 e. The SMILES string of the molecule is CCNC1CCC(N2CCCC2c2cccnc2)CC1. The highest BCUT2D eigenvalue weighted by atomic mass is 15.2. The largest absolute Gasteiger partial charge is 0.314 e. The van der Waals surface area contributed by atoms with E-state index < -0.39 is 0 Å². The zero-order chi connectivity index (χ0) is 13.8. The van der Waals surface area contributed by atoms with Gasteiger partial charge in [0.2, 0.25) is 0 Å². The predicted octanol–water partition coefficient (Wildman–Crippen LogP) is 3.14. The molecule has 2 heterocycles. The minimum atomic E-state index is 0.615. The average Bonchev–Trinajstić information content (AvgIpc) is 2.99. The molecular weight excluding hydrogens is 246 g/mol. The highest BCUT2D eigenvalue weighted by molar-refractivity contribution is 5.16. The molecule has 1 atom stereocenters. The van der Waals surface area contributed by atoms with Crippen LogP contribution in [0.4, 0.5) is 0 Å². The zero-order valence-corrected chi connectivity index (χ0v) is 12.6. The van der Waals surface area contributed by atoms with Crippen LogP contribution in [0.15, 0.2) is 24.5 Å². The van der Waals surface area contributed by atoms with Crippen molar-refractivity contribution in [3.63, 3.8) is 0 Å². The van der Waals surface area contributed by atoms with Crippen LogP contribution in [0.5, 0.6) is 0 Å². The molecule has 2 aliphatic rings. The Labute approximate surface area is 122 Å². The highest BCUT2D eigenvalue weighted by Gasteiger charge is 2.33. The molecule has 1 unspecified atom stereocenters. The van der Waals surface area contributed by atoms with Crippen LogP contribution in [0, 0.1) is 0 Å². The van der Waals surface area contributed by atoms with Crippen molar-refractivity contribution in [1.29, 1.82) is 0 Å². The van der Waals surface area contributed by atoms with Crippen LogP contribution >= 0.6 is 0 Å². The number of pyridine rings is 1. The summed E-state index contributed by atoms with van der Waals surface area (Å²) in [7, 11) is 0. The fraction of sp³-hybridized carbons (Fsp3) is 0.706. The van der Waals surface area contributed by atoms with Crippen LogP contribution < -0.4 is 5.32 Å². The second-order valence-corrected chi connectivity index (χ2v) is 6.25. The number of likely N-dealkylation sites (tertiary alicyclic amines) is 1. The summed E-state index contributed by atoms with van der Waals surface area (Å²) in [5, 5.41) is 3.61. The molecule has 2 fully saturated rings. The van der Waals surface area contributed by atoms with Gasteiger partial charge in [0.1, 0.15) is 0 Å². The predicted molar refractivity (Wildman–Crippen MR) is 82.6 cm³/mol. The number of nitrogens with one attached hydrogen (secondary N) is 1.